The van der Waals surface area contributed by atoms with Crippen molar-refractivity contribution in [3.63, 3.8) is 0 Å². The Morgan fingerprint density at radius 3 is 2.75 bits per heavy atom. The summed E-state index contributed by atoms with van der Waals surface area (Å²) >= 11 is 0. The number of ketones is 1. The summed E-state index contributed by atoms with van der Waals surface area (Å²) in [5.74, 6) is -0.157. The number of ether oxygens (including phenoxy) is 2. The van der Waals surface area contributed by atoms with E-state index in [1.807, 2.05) is 20.8 Å². The summed E-state index contributed by atoms with van der Waals surface area (Å²) < 4.78 is 11.0. The molecule has 1 aliphatic rings. The highest BCUT2D eigenvalue weighted by Crippen LogP contribution is 2.20. The smallest absolute Gasteiger partial charge is 0.410 e. The highest BCUT2D eigenvalue weighted by atomic mass is 16.6. The third-order valence-electron chi connectivity index (χ3n) is 3.75. The quantitative estimate of drug-likeness (QED) is 0.774. The predicted molar refractivity (Wildman–Crippen MR) is 90.0 cm³/mol. The van der Waals surface area contributed by atoms with E-state index < -0.39 is 5.60 Å². The molecule has 0 bridgehead atoms. The molecule has 0 N–H and O–H groups in total. The fourth-order valence-electron chi connectivity index (χ4n) is 2.62. The summed E-state index contributed by atoms with van der Waals surface area (Å²) in [5.41, 5.74) is -0.125. The molecule has 24 heavy (non-hydrogen) atoms. The summed E-state index contributed by atoms with van der Waals surface area (Å²) in [4.78, 5) is 30.0. The second-order valence-electron chi connectivity index (χ2n) is 6.98. The molecule has 0 spiro atoms. The molecule has 1 fully saturated rings. The number of likely N-dealkylation sites (tertiary alicyclic amines) is 1. The van der Waals surface area contributed by atoms with Crippen LogP contribution < -0.4 is 0 Å². The molecule has 1 atom stereocenters. The Morgan fingerprint density at radius 1 is 1.29 bits per heavy atom. The highest BCUT2D eigenvalue weighted by molar-refractivity contribution is 5.95. The van der Waals surface area contributed by atoms with Crippen molar-refractivity contribution in [2.45, 2.75) is 51.7 Å². The first-order valence-electron chi connectivity index (χ1n) is 8.38. The van der Waals surface area contributed by atoms with Crippen LogP contribution >= 0.6 is 0 Å². The molecule has 0 aromatic carbocycles. The van der Waals surface area contributed by atoms with Gasteiger partial charge in [-0.05, 0) is 52.2 Å². The third kappa shape index (κ3) is 5.60. The zero-order valence-electron chi connectivity index (χ0n) is 14.7. The van der Waals surface area contributed by atoms with E-state index >= 15 is 0 Å². The Hall–Kier alpha value is -1.95. The molecule has 6 nitrogen and oxygen atoms in total. The SMILES string of the molecule is CC(C)(C)OC(=O)N1CCCCC1COCC(=O)c1ccccn1. The van der Waals surface area contributed by atoms with Crippen molar-refractivity contribution in [1.29, 1.82) is 0 Å². The maximum absolute atomic E-state index is 12.3. The van der Waals surface area contributed by atoms with Crippen molar-refractivity contribution in [3.8, 4) is 0 Å². The number of aromatic nitrogens is 1. The van der Waals surface area contributed by atoms with Gasteiger partial charge in [-0.3, -0.25) is 9.78 Å². The Kier molecular flexibility index (Phi) is 6.31. The molecule has 0 saturated carbocycles. The standard InChI is InChI=1S/C18H26N2O4/c1-18(2,3)24-17(22)20-11-7-5-8-14(20)12-23-13-16(21)15-9-4-6-10-19-15/h4,6,9-10,14H,5,7-8,11-13H2,1-3H3. The predicted octanol–water partition coefficient (Wildman–Crippen LogP) is 3.07. The molecule has 132 valence electrons. The number of hydrogen-bond acceptors (Lipinski definition) is 5. The number of nitrogens with zero attached hydrogens (tertiary/aromatic N) is 2. The van der Waals surface area contributed by atoms with E-state index in [0.717, 1.165) is 19.3 Å². The van der Waals surface area contributed by atoms with Gasteiger partial charge in [-0.2, -0.15) is 0 Å². The zero-order chi connectivity index (χ0) is 17.6. The van der Waals surface area contributed by atoms with E-state index in [9.17, 15) is 9.59 Å². The Bertz CT molecular complexity index is 554. The van der Waals surface area contributed by atoms with Gasteiger partial charge in [-0.1, -0.05) is 6.07 Å². The minimum absolute atomic E-state index is 0.0321. The second-order valence-corrected chi connectivity index (χ2v) is 6.98. The van der Waals surface area contributed by atoms with Crippen LogP contribution in [0.25, 0.3) is 0 Å². The molecule has 0 radical (unpaired) electrons. The molecule has 1 aromatic heterocycles. The number of carbonyl (C=O) groups excluding carboxylic acids is 2. The average Bonchev–Trinajstić information content (AvgIpc) is 2.54. The molecule has 1 aromatic rings. The second kappa shape index (κ2) is 8.24. The van der Waals surface area contributed by atoms with Gasteiger partial charge in [0, 0.05) is 12.7 Å². The summed E-state index contributed by atoms with van der Waals surface area (Å²) in [6.45, 7) is 6.52. The van der Waals surface area contributed by atoms with Crippen molar-refractivity contribution >= 4 is 11.9 Å². The van der Waals surface area contributed by atoms with E-state index in [-0.39, 0.29) is 24.5 Å². The maximum atomic E-state index is 12.3. The molecule has 0 aliphatic carbocycles. The molecule has 2 heterocycles. The molecular formula is C18H26N2O4. The highest BCUT2D eigenvalue weighted by Gasteiger charge is 2.30. The topological polar surface area (TPSA) is 68.7 Å². The van der Waals surface area contributed by atoms with Crippen LogP contribution in [0.4, 0.5) is 4.79 Å². The summed E-state index contributed by atoms with van der Waals surface area (Å²) in [6.07, 6.45) is 4.13. The van der Waals surface area contributed by atoms with Crippen LogP contribution in [-0.2, 0) is 9.47 Å². The van der Waals surface area contributed by atoms with Crippen molar-refractivity contribution in [1.82, 2.24) is 9.88 Å². The monoisotopic (exact) mass is 334 g/mol. The van der Waals surface area contributed by atoms with Gasteiger partial charge in [-0.15, -0.1) is 0 Å². The molecule has 6 heteroatoms. The fraction of sp³-hybridized carbons (Fsp3) is 0.611. The van der Waals surface area contributed by atoms with Gasteiger partial charge in [0.25, 0.3) is 0 Å². The average molecular weight is 334 g/mol. The minimum Gasteiger partial charge on any atom is -0.444 e. The Morgan fingerprint density at radius 2 is 2.08 bits per heavy atom. The van der Waals surface area contributed by atoms with Crippen LogP contribution in [0.5, 0.6) is 0 Å². The Balaban J connectivity index is 1.85. The number of carbonyl (C=O) groups is 2. The number of Topliss-reactive ketones (excluding diaryl/α,β-unsaturated/α-hetero) is 1. The lowest BCUT2D eigenvalue weighted by Crippen LogP contribution is -2.48. The lowest BCUT2D eigenvalue weighted by molar-refractivity contribution is -0.00625. The van der Waals surface area contributed by atoms with E-state index in [2.05, 4.69) is 4.98 Å². The number of hydrogen-bond donors (Lipinski definition) is 0. The van der Waals surface area contributed by atoms with Crippen molar-refractivity contribution < 1.29 is 19.1 Å². The largest absolute Gasteiger partial charge is 0.444 e. The fourth-order valence-corrected chi connectivity index (χ4v) is 2.62. The molecule has 2 rings (SSSR count). The van der Waals surface area contributed by atoms with E-state index in [0.29, 0.717) is 18.8 Å². The van der Waals surface area contributed by atoms with Crippen LogP contribution in [0, 0.1) is 0 Å². The summed E-state index contributed by atoms with van der Waals surface area (Å²) in [7, 11) is 0. The molecule has 1 saturated heterocycles. The van der Waals surface area contributed by atoms with Crippen molar-refractivity contribution in [3.05, 3.63) is 30.1 Å². The molecule has 1 amide bonds. The van der Waals surface area contributed by atoms with Crippen molar-refractivity contribution in [2.24, 2.45) is 0 Å². The van der Waals surface area contributed by atoms with Gasteiger partial charge >= 0.3 is 6.09 Å². The number of pyridine rings is 1. The Labute approximate surface area is 143 Å². The summed E-state index contributed by atoms with van der Waals surface area (Å²) in [6, 6.07) is 5.15. The normalized spacial score (nSPS) is 18.3. The van der Waals surface area contributed by atoms with E-state index in [1.54, 1.807) is 29.3 Å². The van der Waals surface area contributed by atoms with Crippen molar-refractivity contribution in [2.75, 3.05) is 19.8 Å². The molecule has 1 unspecified atom stereocenters. The first-order valence-corrected chi connectivity index (χ1v) is 8.38. The zero-order valence-corrected chi connectivity index (χ0v) is 14.7. The molecule has 1 aliphatic heterocycles. The minimum atomic E-state index is -0.519. The van der Waals surface area contributed by atoms with Gasteiger partial charge in [0.15, 0.2) is 0 Å². The van der Waals surface area contributed by atoms with Crippen LogP contribution in [0.3, 0.4) is 0 Å². The van der Waals surface area contributed by atoms with Crippen LogP contribution in [0.15, 0.2) is 24.4 Å². The van der Waals surface area contributed by atoms with Gasteiger partial charge < -0.3 is 14.4 Å². The van der Waals surface area contributed by atoms with Crippen LogP contribution in [0.2, 0.25) is 0 Å². The van der Waals surface area contributed by atoms with Gasteiger partial charge in [0.1, 0.15) is 17.9 Å². The van der Waals surface area contributed by atoms with Gasteiger partial charge in [-0.25, -0.2) is 4.79 Å². The third-order valence-corrected chi connectivity index (χ3v) is 3.75. The first-order chi connectivity index (χ1) is 11.4. The van der Waals surface area contributed by atoms with Gasteiger partial charge in [0.2, 0.25) is 5.78 Å². The van der Waals surface area contributed by atoms with Gasteiger partial charge in [0.05, 0.1) is 12.6 Å². The first kappa shape index (κ1) is 18.4. The lowest BCUT2D eigenvalue weighted by atomic mass is 10.0. The lowest BCUT2D eigenvalue weighted by Gasteiger charge is -2.36. The van der Waals surface area contributed by atoms with Crippen LogP contribution in [-0.4, -0.2) is 53.2 Å². The van der Waals surface area contributed by atoms with E-state index in [1.165, 1.54) is 0 Å². The number of rotatable bonds is 5. The maximum Gasteiger partial charge on any atom is 0.410 e. The van der Waals surface area contributed by atoms with Crippen LogP contribution in [0.1, 0.15) is 50.5 Å². The molecular weight excluding hydrogens is 308 g/mol. The number of amides is 1. The summed E-state index contributed by atoms with van der Waals surface area (Å²) in [5, 5.41) is 0. The number of piperidine rings is 1. The van der Waals surface area contributed by atoms with E-state index in [4.69, 9.17) is 9.47 Å².